The lowest BCUT2D eigenvalue weighted by molar-refractivity contribution is -0.122. The molecular formula is C22H22Cl2N2O3. The van der Waals surface area contributed by atoms with E-state index in [-0.39, 0.29) is 17.1 Å². The SMILES string of the molecule is O=C(/C=C/c1c(C(=O)O)[nH]c2cc(Cl)cc(Cl)c12)NC12CC3CC(CC(C3)C1)C2. The zero-order valence-electron chi connectivity index (χ0n) is 15.8. The maximum absolute atomic E-state index is 12.8. The molecule has 6 rings (SSSR count). The molecule has 2 aromatic rings. The van der Waals surface area contributed by atoms with Crippen molar-refractivity contribution < 1.29 is 14.7 Å². The molecule has 0 atom stereocenters. The Kier molecular flexibility index (Phi) is 4.44. The second-order valence-electron chi connectivity index (χ2n) is 9.05. The molecule has 0 unspecified atom stereocenters. The van der Waals surface area contributed by atoms with Gasteiger partial charge in [0, 0.05) is 33.1 Å². The van der Waals surface area contributed by atoms with E-state index in [0.29, 0.717) is 26.5 Å². The number of carbonyl (C=O) groups excluding carboxylic acids is 1. The van der Waals surface area contributed by atoms with Gasteiger partial charge in [-0.3, -0.25) is 4.79 Å². The molecule has 4 fully saturated rings. The second kappa shape index (κ2) is 6.78. The first-order chi connectivity index (χ1) is 13.8. The molecule has 3 N–H and O–H groups in total. The van der Waals surface area contributed by atoms with Crippen LogP contribution in [-0.2, 0) is 4.79 Å². The highest BCUT2D eigenvalue weighted by atomic mass is 35.5. The van der Waals surface area contributed by atoms with Crippen LogP contribution in [0.15, 0.2) is 18.2 Å². The number of aromatic carboxylic acids is 1. The largest absolute Gasteiger partial charge is 0.477 e. The van der Waals surface area contributed by atoms with Gasteiger partial charge in [0.25, 0.3) is 0 Å². The van der Waals surface area contributed by atoms with Gasteiger partial charge in [0.05, 0.1) is 5.02 Å². The minimum Gasteiger partial charge on any atom is -0.477 e. The number of amides is 1. The Morgan fingerprint density at radius 2 is 1.72 bits per heavy atom. The quantitative estimate of drug-likeness (QED) is 0.575. The van der Waals surface area contributed by atoms with Crippen molar-refractivity contribution in [2.24, 2.45) is 17.8 Å². The van der Waals surface area contributed by atoms with Gasteiger partial charge in [0.15, 0.2) is 0 Å². The van der Waals surface area contributed by atoms with E-state index in [1.165, 1.54) is 31.4 Å². The maximum Gasteiger partial charge on any atom is 0.352 e. The first-order valence-corrected chi connectivity index (χ1v) is 10.8. The van der Waals surface area contributed by atoms with E-state index in [1.807, 2.05) is 0 Å². The summed E-state index contributed by atoms with van der Waals surface area (Å²) in [5.74, 6) is 0.918. The van der Waals surface area contributed by atoms with E-state index in [9.17, 15) is 14.7 Å². The molecule has 4 aliphatic carbocycles. The van der Waals surface area contributed by atoms with Gasteiger partial charge >= 0.3 is 5.97 Å². The Hall–Kier alpha value is -1.98. The minimum absolute atomic E-state index is 0.0111. The third-order valence-corrected chi connectivity index (χ3v) is 7.41. The van der Waals surface area contributed by atoms with Gasteiger partial charge in [-0.2, -0.15) is 0 Å². The van der Waals surface area contributed by atoms with Crippen molar-refractivity contribution in [3.05, 3.63) is 39.5 Å². The van der Waals surface area contributed by atoms with E-state index >= 15 is 0 Å². The first-order valence-electron chi connectivity index (χ1n) is 10.1. The zero-order chi connectivity index (χ0) is 20.3. The Morgan fingerprint density at radius 1 is 1.10 bits per heavy atom. The van der Waals surface area contributed by atoms with Gasteiger partial charge in [-0.15, -0.1) is 0 Å². The summed E-state index contributed by atoms with van der Waals surface area (Å²) in [6.45, 7) is 0. The predicted octanol–water partition coefficient (Wildman–Crippen LogP) is 5.27. The number of hydrogen-bond donors (Lipinski definition) is 3. The number of rotatable bonds is 4. The third kappa shape index (κ3) is 3.34. The van der Waals surface area contributed by atoms with Crippen LogP contribution in [0.3, 0.4) is 0 Å². The Morgan fingerprint density at radius 3 is 2.31 bits per heavy atom. The highest BCUT2D eigenvalue weighted by Gasteiger charge is 2.51. The number of carbonyl (C=O) groups is 2. The van der Waals surface area contributed by atoms with Gasteiger partial charge in [-0.1, -0.05) is 23.2 Å². The van der Waals surface area contributed by atoms with Crippen LogP contribution in [-0.4, -0.2) is 27.5 Å². The van der Waals surface area contributed by atoms with Gasteiger partial charge in [0.2, 0.25) is 5.91 Å². The molecular weight excluding hydrogens is 411 g/mol. The average Bonchev–Trinajstić information content (AvgIpc) is 2.97. The summed E-state index contributed by atoms with van der Waals surface area (Å²) < 4.78 is 0. The molecule has 0 saturated heterocycles. The maximum atomic E-state index is 12.8. The second-order valence-corrected chi connectivity index (χ2v) is 9.89. The lowest BCUT2D eigenvalue weighted by Crippen LogP contribution is -2.59. The van der Waals surface area contributed by atoms with Crippen molar-refractivity contribution in [2.45, 2.75) is 44.1 Å². The zero-order valence-corrected chi connectivity index (χ0v) is 17.3. The van der Waals surface area contributed by atoms with Crippen LogP contribution in [0.5, 0.6) is 0 Å². The smallest absolute Gasteiger partial charge is 0.352 e. The molecule has 152 valence electrons. The summed E-state index contributed by atoms with van der Waals surface area (Å²) in [4.78, 5) is 27.3. The molecule has 4 aliphatic rings. The fraction of sp³-hybridized carbons (Fsp3) is 0.455. The molecule has 4 saturated carbocycles. The fourth-order valence-corrected chi connectivity index (χ4v) is 6.93. The summed E-state index contributed by atoms with van der Waals surface area (Å²) in [6, 6.07) is 3.19. The normalized spacial score (nSPS) is 30.3. The van der Waals surface area contributed by atoms with E-state index in [1.54, 1.807) is 12.1 Å². The molecule has 7 heteroatoms. The number of benzene rings is 1. The van der Waals surface area contributed by atoms with Gasteiger partial charge < -0.3 is 15.4 Å². The van der Waals surface area contributed by atoms with Crippen molar-refractivity contribution >= 4 is 52.1 Å². The number of H-pyrrole nitrogens is 1. The van der Waals surface area contributed by atoms with E-state index in [4.69, 9.17) is 23.2 Å². The first kappa shape index (κ1) is 19.0. The number of carboxylic acid groups (broad SMARTS) is 1. The van der Waals surface area contributed by atoms with E-state index in [2.05, 4.69) is 10.3 Å². The molecule has 1 aromatic carbocycles. The summed E-state index contributed by atoms with van der Waals surface area (Å²) in [5, 5.41) is 14.1. The predicted molar refractivity (Wildman–Crippen MR) is 113 cm³/mol. The van der Waals surface area contributed by atoms with Crippen molar-refractivity contribution in [3.8, 4) is 0 Å². The standard InChI is InChI=1S/C22H22Cl2N2O3/c23-14-6-16(24)19-15(20(21(28)29)25-17(19)7-14)1-2-18(27)26-22-8-11-3-12(9-22)5-13(4-11)10-22/h1-2,6-7,11-13,25H,3-5,8-10H2,(H,26,27)(H,28,29)/b2-1+. The fourth-order valence-electron chi connectivity index (χ4n) is 6.33. The lowest BCUT2D eigenvalue weighted by atomic mass is 9.53. The van der Waals surface area contributed by atoms with Crippen molar-refractivity contribution in [2.75, 3.05) is 0 Å². The van der Waals surface area contributed by atoms with Gasteiger partial charge in [-0.05, 0) is 74.5 Å². The number of carboxylic acids is 1. The monoisotopic (exact) mass is 432 g/mol. The minimum atomic E-state index is -1.12. The number of nitrogens with one attached hydrogen (secondary N) is 2. The molecule has 0 aliphatic heterocycles. The van der Waals surface area contributed by atoms with Crippen LogP contribution < -0.4 is 5.32 Å². The van der Waals surface area contributed by atoms with Crippen molar-refractivity contribution in [1.82, 2.24) is 10.3 Å². The molecule has 0 spiro atoms. The summed E-state index contributed by atoms with van der Waals surface area (Å²) in [6.07, 6.45) is 10.1. The van der Waals surface area contributed by atoms with Crippen LogP contribution in [0.2, 0.25) is 10.0 Å². The molecule has 29 heavy (non-hydrogen) atoms. The van der Waals surface area contributed by atoms with Crippen LogP contribution in [0, 0.1) is 17.8 Å². The Labute approximate surface area is 178 Å². The number of aromatic nitrogens is 1. The van der Waals surface area contributed by atoms with Crippen LogP contribution in [0.25, 0.3) is 17.0 Å². The topological polar surface area (TPSA) is 82.2 Å². The van der Waals surface area contributed by atoms with Crippen molar-refractivity contribution in [3.63, 3.8) is 0 Å². The van der Waals surface area contributed by atoms with Gasteiger partial charge in [0.1, 0.15) is 5.69 Å². The van der Waals surface area contributed by atoms with E-state index in [0.717, 1.165) is 37.0 Å². The van der Waals surface area contributed by atoms with Crippen LogP contribution >= 0.6 is 23.2 Å². The van der Waals surface area contributed by atoms with Crippen molar-refractivity contribution in [1.29, 1.82) is 0 Å². The molecule has 1 aromatic heterocycles. The Bertz CT molecular complexity index is 1020. The van der Waals surface area contributed by atoms with E-state index < -0.39 is 5.97 Å². The number of halogens is 2. The number of hydrogen-bond acceptors (Lipinski definition) is 2. The Balaban J connectivity index is 1.43. The highest BCUT2D eigenvalue weighted by molar-refractivity contribution is 6.39. The molecule has 4 bridgehead atoms. The summed E-state index contributed by atoms with van der Waals surface area (Å²) in [5.41, 5.74) is 0.816. The average molecular weight is 433 g/mol. The highest BCUT2D eigenvalue weighted by Crippen LogP contribution is 2.55. The third-order valence-electron chi connectivity index (χ3n) is 6.90. The summed E-state index contributed by atoms with van der Waals surface area (Å²) in [7, 11) is 0. The van der Waals surface area contributed by atoms with Crippen LogP contribution in [0.4, 0.5) is 0 Å². The summed E-state index contributed by atoms with van der Waals surface area (Å²) >= 11 is 12.3. The number of aromatic amines is 1. The molecule has 0 radical (unpaired) electrons. The van der Waals surface area contributed by atoms with Crippen LogP contribution in [0.1, 0.15) is 54.6 Å². The lowest BCUT2D eigenvalue weighted by Gasteiger charge is -2.56. The molecule has 1 heterocycles. The van der Waals surface area contributed by atoms with Gasteiger partial charge in [-0.25, -0.2) is 4.79 Å². The molecule has 5 nitrogen and oxygen atoms in total. The number of fused-ring (bicyclic) bond motifs is 1. The molecule has 1 amide bonds.